The van der Waals surface area contributed by atoms with Gasteiger partial charge >= 0.3 is 0 Å². The summed E-state index contributed by atoms with van der Waals surface area (Å²) >= 11 is 0. The highest BCUT2D eigenvalue weighted by molar-refractivity contribution is 5.95. The SMILES string of the molecule is CC(C)(C)C[C@H]1CCCN1C(=O)CNC(=O)c1cc(-c2ccccc2)on1. The molecular weight excluding hydrogens is 342 g/mol. The number of benzene rings is 1. The van der Waals surface area contributed by atoms with Crippen LogP contribution < -0.4 is 5.32 Å². The van der Waals surface area contributed by atoms with Crippen molar-refractivity contribution in [1.82, 2.24) is 15.4 Å². The summed E-state index contributed by atoms with van der Waals surface area (Å²) in [6.45, 7) is 7.30. The van der Waals surface area contributed by atoms with E-state index in [1.54, 1.807) is 6.07 Å². The summed E-state index contributed by atoms with van der Waals surface area (Å²) in [6, 6.07) is 11.3. The Bertz CT molecular complexity index is 793. The molecular formula is C21H27N3O3. The zero-order valence-electron chi connectivity index (χ0n) is 16.2. The van der Waals surface area contributed by atoms with Gasteiger partial charge in [-0.1, -0.05) is 56.3 Å². The maximum atomic E-state index is 12.6. The summed E-state index contributed by atoms with van der Waals surface area (Å²) in [4.78, 5) is 26.8. The van der Waals surface area contributed by atoms with Gasteiger partial charge in [-0.2, -0.15) is 0 Å². The van der Waals surface area contributed by atoms with Crippen LogP contribution in [0.1, 0.15) is 50.5 Å². The number of hydrogen-bond donors (Lipinski definition) is 1. The molecule has 2 amide bonds. The van der Waals surface area contributed by atoms with E-state index >= 15 is 0 Å². The minimum absolute atomic E-state index is 0.0208. The Morgan fingerprint density at radius 1 is 1.26 bits per heavy atom. The molecule has 0 spiro atoms. The topological polar surface area (TPSA) is 75.4 Å². The third kappa shape index (κ3) is 4.96. The Labute approximate surface area is 159 Å². The first-order valence-corrected chi connectivity index (χ1v) is 9.43. The first-order valence-electron chi connectivity index (χ1n) is 9.43. The lowest BCUT2D eigenvalue weighted by molar-refractivity contribution is -0.131. The van der Waals surface area contributed by atoms with E-state index in [0.717, 1.165) is 31.4 Å². The third-order valence-electron chi connectivity index (χ3n) is 4.75. The van der Waals surface area contributed by atoms with Crippen molar-refractivity contribution in [2.75, 3.05) is 13.1 Å². The van der Waals surface area contributed by atoms with Gasteiger partial charge in [0.2, 0.25) is 5.91 Å². The second-order valence-electron chi connectivity index (χ2n) is 8.27. The summed E-state index contributed by atoms with van der Waals surface area (Å²) in [5, 5.41) is 6.49. The van der Waals surface area contributed by atoms with E-state index in [1.165, 1.54) is 0 Å². The molecule has 0 aliphatic carbocycles. The Balaban J connectivity index is 1.56. The molecule has 6 heteroatoms. The van der Waals surface area contributed by atoms with Gasteiger partial charge < -0.3 is 14.7 Å². The second kappa shape index (κ2) is 7.94. The number of amides is 2. The van der Waals surface area contributed by atoms with Crippen molar-refractivity contribution in [1.29, 1.82) is 0 Å². The van der Waals surface area contributed by atoms with Crippen molar-refractivity contribution in [3.8, 4) is 11.3 Å². The molecule has 0 unspecified atom stereocenters. The number of hydrogen-bond acceptors (Lipinski definition) is 4. The van der Waals surface area contributed by atoms with E-state index in [-0.39, 0.29) is 29.6 Å². The second-order valence-corrected chi connectivity index (χ2v) is 8.27. The van der Waals surface area contributed by atoms with Crippen LogP contribution in [0.3, 0.4) is 0 Å². The van der Waals surface area contributed by atoms with Crippen molar-refractivity contribution in [3.05, 3.63) is 42.1 Å². The number of rotatable bonds is 5. The Morgan fingerprint density at radius 2 is 2.00 bits per heavy atom. The molecule has 1 aliphatic heterocycles. The number of carbonyl (C=O) groups excluding carboxylic acids is 2. The van der Waals surface area contributed by atoms with Crippen LogP contribution in [0, 0.1) is 5.41 Å². The van der Waals surface area contributed by atoms with Crippen LogP contribution >= 0.6 is 0 Å². The Hall–Kier alpha value is -2.63. The minimum Gasteiger partial charge on any atom is -0.355 e. The highest BCUT2D eigenvalue weighted by Crippen LogP contribution is 2.29. The third-order valence-corrected chi connectivity index (χ3v) is 4.75. The van der Waals surface area contributed by atoms with Crippen molar-refractivity contribution in [2.45, 2.75) is 46.1 Å². The molecule has 1 aliphatic rings. The molecule has 0 bridgehead atoms. The average molecular weight is 369 g/mol. The number of aromatic nitrogens is 1. The van der Waals surface area contributed by atoms with E-state index in [9.17, 15) is 9.59 Å². The van der Waals surface area contributed by atoms with Crippen molar-refractivity contribution < 1.29 is 14.1 Å². The molecule has 1 atom stereocenters. The van der Waals surface area contributed by atoms with E-state index < -0.39 is 5.91 Å². The lowest BCUT2D eigenvalue weighted by Crippen LogP contribution is -2.43. The van der Waals surface area contributed by atoms with E-state index in [0.29, 0.717) is 5.76 Å². The smallest absolute Gasteiger partial charge is 0.273 e. The van der Waals surface area contributed by atoms with Crippen molar-refractivity contribution in [2.24, 2.45) is 5.41 Å². The van der Waals surface area contributed by atoms with Gasteiger partial charge in [0, 0.05) is 24.2 Å². The molecule has 1 aromatic heterocycles. The molecule has 1 aromatic carbocycles. The maximum absolute atomic E-state index is 12.6. The summed E-state index contributed by atoms with van der Waals surface area (Å²) in [5.41, 5.74) is 1.20. The number of likely N-dealkylation sites (tertiary alicyclic amines) is 1. The zero-order valence-corrected chi connectivity index (χ0v) is 16.2. The van der Waals surface area contributed by atoms with Gasteiger partial charge in [0.1, 0.15) is 0 Å². The van der Waals surface area contributed by atoms with Gasteiger partial charge in [0.05, 0.1) is 6.54 Å². The van der Waals surface area contributed by atoms with Crippen molar-refractivity contribution in [3.63, 3.8) is 0 Å². The summed E-state index contributed by atoms with van der Waals surface area (Å²) < 4.78 is 5.24. The molecule has 3 rings (SSSR count). The molecule has 2 heterocycles. The van der Waals surface area contributed by atoms with Gasteiger partial charge in [-0.3, -0.25) is 9.59 Å². The fraction of sp³-hybridized carbons (Fsp3) is 0.476. The normalized spacial score (nSPS) is 17.1. The average Bonchev–Trinajstić information content (AvgIpc) is 3.28. The van der Waals surface area contributed by atoms with E-state index in [1.807, 2.05) is 35.2 Å². The molecule has 1 fully saturated rings. The monoisotopic (exact) mass is 369 g/mol. The zero-order chi connectivity index (χ0) is 19.4. The maximum Gasteiger partial charge on any atom is 0.273 e. The van der Waals surface area contributed by atoms with Gasteiger partial charge in [0.25, 0.3) is 5.91 Å². The number of nitrogens with one attached hydrogen (secondary N) is 1. The first-order chi connectivity index (χ1) is 12.8. The molecule has 144 valence electrons. The van der Waals surface area contributed by atoms with Gasteiger partial charge in [0.15, 0.2) is 11.5 Å². The molecule has 2 aromatic rings. The molecule has 6 nitrogen and oxygen atoms in total. The van der Waals surface area contributed by atoms with Gasteiger partial charge in [-0.25, -0.2) is 0 Å². The lowest BCUT2D eigenvalue weighted by Gasteiger charge is -2.30. The van der Waals surface area contributed by atoms with Crippen LogP contribution in [0.4, 0.5) is 0 Å². The predicted molar refractivity (Wildman–Crippen MR) is 103 cm³/mol. The van der Waals surface area contributed by atoms with Crippen LogP contribution in [0.25, 0.3) is 11.3 Å². The van der Waals surface area contributed by atoms with E-state index in [4.69, 9.17) is 4.52 Å². The fourth-order valence-electron chi connectivity index (χ4n) is 3.55. The largest absolute Gasteiger partial charge is 0.355 e. The highest BCUT2D eigenvalue weighted by atomic mass is 16.5. The van der Waals surface area contributed by atoms with Gasteiger partial charge in [-0.15, -0.1) is 0 Å². The Kier molecular flexibility index (Phi) is 5.63. The molecule has 1 N–H and O–H groups in total. The molecule has 27 heavy (non-hydrogen) atoms. The van der Waals surface area contributed by atoms with E-state index in [2.05, 4.69) is 31.2 Å². The van der Waals surface area contributed by atoms with Crippen LogP contribution in [0.5, 0.6) is 0 Å². The predicted octanol–water partition coefficient (Wildman–Crippen LogP) is 3.50. The van der Waals surface area contributed by atoms with Crippen molar-refractivity contribution >= 4 is 11.8 Å². The summed E-state index contributed by atoms with van der Waals surface area (Å²) in [6.07, 6.45) is 3.02. The van der Waals surface area contributed by atoms with Crippen LogP contribution in [-0.4, -0.2) is 41.0 Å². The van der Waals surface area contributed by atoms with Crippen LogP contribution in [0.15, 0.2) is 40.9 Å². The molecule has 1 saturated heterocycles. The Morgan fingerprint density at radius 3 is 2.70 bits per heavy atom. The summed E-state index contributed by atoms with van der Waals surface area (Å²) in [5.74, 6) is 0.0830. The minimum atomic E-state index is -0.402. The van der Waals surface area contributed by atoms with Crippen LogP contribution in [-0.2, 0) is 4.79 Å². The lowest BCUT2D eigenvalue weighted by atomic mass is 9.87. The fourth-order valence-corrected chi connectivity index (χ4v) is 3.55. The highest BCUT2D eigenvalue weighted by Gasteiger charge is 2.31. The number of carbonyl (C=O) groups is 2. The molecule has 0 saturated carbocycles. The van der Waals surface area contributed by atoms with Gasteiger partial charge in [-0.05, 0) is 24.7 Å². The quantitative estimate of drug-likeness (QED) is 0.875. The first kappa shape index (κ1) is 19.1. The molecule has 0 radical (unpaired) electrons. The van der Waals surface area contributed by atoms with Crippen LogP contribution in [0.2, 0.25) is 0 Å². The number of nitrogens with zero attached hydrogens (tertiary/aromatic N) is 2. The standard InChI is InChI=1S/C21H27N3O3/c1-21(2,3)13-16-10-7-11-24(16)19(25)14-22-20(26)17-12-18(27-23-17)15-8-5-4-6-9-15/h4-6,8-9,12,16H,7,10-11,13-14H2,1-3H3,(H,22,26)/t16-/m1/s1. The summed E-state index contributed by atoms with van der Waals surface area (Å²) in [7, 11) is 0.